The summed E-state index contributed by atoms with van der Waals surface area (Å²) in [7, 11) is 0. The van der Waals surface area contributed by atoms with Gasteiger partial charge in [-0.25, -0.2) is 0 Å². The van der Waals surface area contributed by atoms with Gasteiger partial charge in [-0.2, -0.15) is 13.2 Å². The third-order valence-corrected chi connectivity index (χ3v) is 5.23. The maximum Gasteiger partial charge on any atom is 0.418 e. The SMILES string of the molecule is CC(Oc1ccc(-c2ccccc2)cc1)C(=O)Nc1ccc(NC(=O)c2ccco2)cc1C(F)(F)F. The van der Waals surface area contributed by atoms with E-state index in [1.165, 1.54) is 31.4 Å². The van der Waals surface area contributed by atoms with Crippen molar-refractivity contribution in [2.45, 2.75) is 19.2 Å². The van der Waals surface area contributed by atoms with Gasteiger partial charge >= 0.3 is 6.18 Å². The van der Waals surface area contributed by atoms with E-state index in [1.54, 1.807) is 12.1 Å². The molecule has 0 aliphatic rings. The summed E-state index contributed by atoms with van der Waals surface area (Å²) in [5, 5.41) is 4.61. The Labute approximate surface area is 204 Å². The molecule has 6 nitrogen and oxygen atoms in total. The minimum atomic E-state index is -4.79. The molecule has 0 fully saturated rings. The summed E-state index contributed by atoms with van der Waals surface area (Å²) < 4.78 is 51.7. The summed E-state index contributed by atoms with van der Waals surface area (Å²) in [5.74, 6) is -1.13. The molecular formula is C27H21F3N2O4. The standard InChI is InChI=1S/C27H21F3N2O4/c1-17(36-21-12-9-19(10-13-21)18-6-3-2-4-7-18)25(33)32-23-14-11-20(16-22(23)27(28,29)30)31-26(34)24-8-5-15-35-24/h2-17H,1H3,(H,31,34)(H,32,33). The highest BCUT2D eigenvalue weighted by molar-refractivity contribution is 6.02. The first-order valence-electron chi connectivity index (χ1n) is 10.9. The quantitative estimate of drug-likeness (QED) is 0.302. The van der Waals surface area contributed by atoms with E-state index < -0.39 is 35.3 Å². The van der Waals surface area contributed by atoms with Crippen LogP contribution in [0.3, 0.4) is 0 Å². The Morgan fingerprint density at radius 2 is 1.56 bits per heavy atom. The number of furan rings is 1. The lowest BCUT2D eigenvalue weighted by Gasteiger charge is -2.18. The first kappa shape index (κ1) is 24.6. The predicted octanol–water partition coefficient (Wildman–Crippen LogP) is 6.62. The van der Waals surface area contributed by atoms with E-state index in [0.29, 0.717) is 5.75 Å². The number of rotatable bonds is 7. The largest absolute Gasteiger partial charge is 0.481 e. The molecule has 1 aromatic heterocycles. The fourth-order valence-corrected chi connectivity index (χ4v) is 3.41. The number of anilines is 2. The molecule has 0 saturated heterocycles. The van der Waals surface area contributed by atoms with Crippen LogP contribution in [0.25, 0.3) is 11.1 Å². The molecule has 1 atom stereocenters. The first-order chi connectivity index (χ1) is 17.2. The van der Waals surface area contributed by atoms with Gasteiger partial charge in [0, 0.05) is 5.69 Å². The monoisotopic (exact) mass is 494 g/mol. The first-order valence-corrected chi connectivity index (χ1v) is 10.9. The Kier molecular flexibility index (Phi) is 7.10. The number of hydrogen-bond acceptors (Lipinski definition) is 4. The van der Waals surface area contributed by atoms with Crippen LogP contribution in [0.1, 0.15) is 23.0 Å². The molecule has 0 aliphatic carbocycles. The van der Waals surface area contributed by atoms with Gasteiger partial charge in [-0.3, -0.25) is 9.59 Å². The summed E-state index contributed by atoms with van der Waals surface area (Å²) in [4.78, 5) is 24.7. The highest BCUT2D eigenvalue weighted by atomic mass is 19.4. The zero-order valence-electron chi connectivity index (χ0n) is 19.0. The van der Waals surface area contributed by atoms with Gasteiger partial charge in [0.2, 0.25) is 0 Å². The molecule has 2 N–H and O–H groups in total. The van der Waals surface area contributed by atoms with Gasteiger partial charge in [-0.15, -0.1) is 0 Å². The summed E-state index contributed by atoms with van der Waals surface area (Å²) in [5.41, 5.74) is 0.280. The normalized spacial score (nSPS) is 12.0. The number of ether oxygens (including phenoxy) is 1. The number of hydrogen-bond donors (Lipinski definition) is 2. The Balaban J connectivity index is 1.44. The molecule has 0 bridgehead atoms. The summed E-state index contributed by atoms with van der Waals surface area (Å²) >= 11 is 0. The second kappa shape index (κ2) is 10.4. The van der Waals surface area contributed by atoms with Crippen molar-refractivity contribution in [1.82, 2.24) is 0 Å². The Morgan fingerprint density at radius 3 is 2.19 bits per heavy atom. The van der Waals surface area contributed by atoms with Gasteiger partial charge < -0.3 is 19.8 Å². The number of benzene rings is 3. The zero-order valence-corrected chi connectivity index (χ0v) is 19.0. The van der Waals surface area contributed by atoms with Crippen LogP contribution < -0.4 is 15.4 Å². The van der Waals surface area contributed by atoms with Crippen molar-refractivity contribution in [1.29, 1.82) is 0 Å². The number of halogens is 3. The Hall–Kier alpha value is -4.53. The topological polar surface area (TPSA) is 80.6 Å². The third kappa shape index (κ3) is 5.93. The van der Waals surface area contributed by atoms with Crippen LogP contribution in [0.5, 0.6) is 5.75 Å². The lowest BCUT2D eigenvalue weighted by molar-refractivity contribution is -0.137. The lowest BCUT2D eigenvalue weighted by atomic mass is 10.1. The van der Waals surface area contributed by atoms with Crippen molar-refractivity contribution in [2.75, 3.05) is 10.6 Å². The summed E-state index contributed by atoms with van der Waals surface area (Å²) in [6.07, 6.45) is -4.59. The van der Waals surface area contributed by atoms with Crippen molar-refractivity contribution < 1.29 is 31.9 Å². The summed E-state index contributed by atoms with van der Waals surface area (Å²) in [6, 6.07) is 22.6. The van der Waals surface area contributed by atoms with Crippen molar-refractivity contribution in [3.8, 4) is 16.9 Å². The van der Waals surface area contributed by atoms with Crippen LogP contribution in [0.15, 0.2) is 95.6 Å². The average molecular weight is 494 g/mol. The van der Waals surface area contributed by atoms with Crippen molar-refractivity contribution in [3.63, 3.8) is 0 Å². The molecule has 3 aromatic carbocycles. The van der Waals surface area contributed by atoms with E-state index in [2.05, 4.69) is 10.6 Å². The smallest absolute Gasteiger partial charge is 0.418 e. The number of carbonyl (C=O) groups is 2. The number of nitrogens with one attached hydrogen (secondary N) is 2. The van der Waals surface area contributed by atoms with Gasteiger partial charge in [0.15, 0.2) is 11.9 Å². The molecule has 0 radical (unpaired) electrons. The van der Waals surface area contributed by atoms with E-state index in [0.717, 1.165) is 23.3 Å². The van der Waals surface area contributed by atoms with Crippen LogP contribution in [0.4, 0.5) is 24.5 Å². The maximum absolute atomic E-state index is 13.7. The molecule has 1 unspecified atom stereocenters. The van der Waals surface area contributed by atoms with Crippen molar-refractivity contribution in [3.05, 3.63) is 103 Å². The minimum absolute atomic E-state index is 0.0521. The van der Waals surface area contributed by atoms with Gasteiger partial charge in [0.1, 0.15) is 5.75 Å². The predicted molar refractivity (Wildman–Crippen MR) is 129 cm³/mol. The number of alkyl halides is 3. The second-order valence-corrected chi connectivity index (χ2v) is 7.83. The summed E-state index contributed by atoms with van der Waals surface area (Å²) in [6.45, 7) is 1.44. The molecule has 9 heteroatoms. The molecule has 4 rings (SSSR count). The molecule has 4 aromatic rings. The van der Waals surface area contributed by atoms with E-state index in [-0.39, 0.29) is 11.4 Å². The average Bonchev–Trinajstić information content (AvgIpc) is 3.41. The molecule has 1 heterocycles. The third-order valence-electron chi connectivity index (χ3n) is 5.23. The molecule has 184 valence electrons. The van der Waals surface area contributed by atoms with Crippen LogP contribution in [0.2, 0.25) is 0 Å². The Bertz CT molecular complexity index is 1340. The van der Waals surface area contributed by atoms with Crippen LogP contribution >= 0.6 is 0 Å². The van der Waals surface area contributed by atoms with Crippen molar-refractivity contribution in [2.24, 2.45) is 0 Å². The van der Waals surface area contributed by atoms with Crippen LogP contribution in [-0.4, -0.2) is 17.9 Å². The number of carbonyl (C=O) groups excluding carboxylic acids is 2. The van der Waals surface area contributed by atoms with Gasteiger partial charge in [-0.05, 0) is 60.5 Å². The molecule has 36 heavy (non-hydrogen) atoms. The van der Waals surface area contributed by atoms with Crippen LogP contribution in [-0.2, 0) is 11.0 Å². The lowest BCUT2D eigenvalue weighted by Crippen LogP contribution is -2.31. The van der Waals surface area contributed by atoms with Crippen molar-refractivity contribution >= 4 is 23.2 Å². The molecule has 0 aliphatic heterocycles. The molecule has 0 spiro atoms. The molecule has 0 saturated carbocycles. The molecule has 2 amide bonds. The van der Waals surface area contributed by atoms with Crippen LogP contribution in [0, 0.1) is 0 Å². The second-order valence-electron chi connectivity index (χ2n) is 7.83. The molecular weight excluding hydrogens is 473 g/mol. The maximum atomic E-state index is 13.7. The highest BCUT2D eigenvalue weighted by Gasteiger charge is 2.35. The highest BCUT2D eigenvalue weighted by Crippen LogP contribution is 2.37. The Morgan fingerprint density at radius 1 is 0.861 bits per heavy atom. The van der Waals surface area contributed by atoms with E-state index in [4.69, 9.17) is 9.15 Å². The van der Waals surface area contributed by atoms with E-state index in [1.807, 2.05) is 42.5 Å². The fourth-order valence-electron chi connectivity index (χ4n) is 3.41. The van der Waals surface area contributed by atoms with E-state index in [9.17, 15) is 22.8 Å². The van der Waals surface area contributed by atoms with E-state index >= 15 is 0 Å². The fraction of sp³-hybridized carbons (Fsp3) is 0.111. The number of amides is 2. The van der Waals surface area contributed by atoms with Gasteiger partial charge in [0.25, 0.3) is 11.8 Å². The van der Waals surface area contributed by atoms with Gasteiger partial charge in [0.05, 0.1) is 17.5 Å². The zero-order chi connectivity index (χ0) is 25.7. The minimum Gasteiger partial charge on any atom is -0.481 e. The van der Waals surface area contributed by atoms with Gasteiger partial charge in [-0.1, -0.05) is 42.5 Å².